The molecule has 0 spiro atoms. The summed E-state index contributed by atoms with van der Waals surface area (Å²) in [4.78, 5) is 20.0. The summed E-state index contributed by atoms with van der Waals surface area (Å²) in [6.07, 6.45) is 3.46. The van der Waals surface area contributed by atoms with Gasteiger partial charge in [-0.1, -0.05) is 11.2 Å². The third-order valence-corrected chi connectivity index (χ3v) is 3.54. The Balaban J connectivity index is 1.78. The van der Waals surface area contributed by atoms with E-state index < -0.39 is 6.10 Å². The lowest BCUT2D eigenvalue weighted by atomic mass is 10.2. The smallest absolute Gasteiger partial charge is 0.248 e. The summed E-state index contributed by atoms with van der Waals surface area (Å²) >= 11 is 1.59. The highest BCUT2D eigenvalue weighted by atomic mass is 32.2. The van der Waals surface area contributed by atoms with Crippen molar-refractivity contribution in [3.05, 3.63) is 30.3 Å². The second kappa shape index (κ2) is 8.50. The van der Waals surface area contributed by atoms with Crippen molar-refractivity contribution >= 4 is 17.7 Å². The Morgan fingerprint density at radius 3 is 3.09 bits per heavy atom. The van der Waals surface area contributed by atoms with Crippen LogP contribution in [0.5, 0.6) is 0 Å². The van der Waals surface area contributed by atoms with Crippen LogP contribution in [0.15, 0.2) is 28.9 Å². The van der Waals surface area contributed by atoms with Gasteiger partial charge >= 0.3 is 0 Å². The zero-order valence-corrected chi connectivity index (χ0v) is 13.0. The molecular weight excluding hydrogens is 304 g/mol. The first-order chi connectivity index (χ1) is 10.7. The third-order valence-electron chi connectivity index (χ3n) is 2.90. The predicted molar refractivity (Wildman–Crippen MR) is 83.2 cm³/mol. The zero-order valence-electron chi connectivity index (χ0n) is 12.2. The van der Waals surface area contributed by atoms with E-state index >= 15 is 0 Å². The van der Waals surface area contributed by atoms with E-state index in [9.17, 15) is 9.90 Å². The van der Waals surface area contributed by atoms with Crippen LogP contribution < -0.4 is 5.32 Å². The van der Waals surface area contributed by atoms with Crippen LogP contribution in [-0.4, -0.2) is 50.8 Å². The largest absolute Gasteiger partial charge is 0.383 e. The average molecular weight is 322 g/mol. The molecule has 0 aliphatic rings. The lowest BCUT2D eigenvalue weighted by Gasteiger charge is -2.09. The van der Waals surface area contributed by atoms with E-state index in [4.69, 9.17) is 4.52 Å². The fourth-order valence-corrected chi connectivity index (χ4v) is 2.19. The zero-order chi connectivity index (χ0) is 15.8. The first kappa shape index (κ1) is 16.4. The van der Waals surface area contributed by atoms with Crippen LogP contribution in [-0.2, 0) is 11.2 Å². The van der Waals surface area contributed by atoms with E-state index in [0.29, 0.717) is 36.8 Å². The van der Waals surface area contributed by atoms with Gasteiger partial charge in [-0.15, -0.1) is 0 Å². The molecule has 2 N–H and O–H groups in total. The highest BCUT2D eigenvalue weighted by Gasteiger charge is 2.14. The number of rotatable bonds is 8. The number of nitrogens with zero attached hydrogens (tertiary/aromatic N) is 3. The number of carbonyl (C=O) groups excluding carboxylic acids is 1. The molecule has 0 bridgehead atoms. The van der Waals surface area contributed by atoms with Crippen LogP contribution in [0.3, 0.4) is 0 Å². The molecule has 0 unspecified atom stereocenters. The minimum atomic E-state index is -0.973. The highest BCUT2D eigenvalue weighted by molar-refractivity contribution is 7.98. The van der Waals surface area contributed by atoms with E-state index in [2.05, 4.69) is 20.4 Å². The summed E-state index contributed by atoms with van der Waals surface area (Å²) in [6.45, 7) is 0.332. The van der Waals surface area contributed by atoms with Crippen molar-refractivity contribution in [3.8, 4) is 11.5 Å². The Morgan fingerprint density at radius 2 is 2.36 bits per heavy atom. The second-order valence-electron chi connectivity index (χ2n) is 4.57. The molecule has 1 amide bonds. The quantitative estimate of drug-likeness (QED) is 0.744. The Labute approximate surface area is 132 Å². The fraction of sp³-hybridized carbons (Fsp3) is 0.429. The Hall–Kier alpha value is -1.93. The number of nitrogens with one attached hydrogen (secondary N) is 1. The van der Waals surface area contributed by atoms with Crippen molar-refractivity contribution in [1.29, 1.82) is 0 Å². The number of amides is 1. The van der Waals surface area contributed by atoms with E-state index in [1.54, 1.807) is 24.0 Å². The van der Waals surface area contributed by atoms with Gasteiger partial charge in [0.1, 0.15) is 11.8 Å². The normalized spacial score (nSPS) is 12.1. The predicted octanol–water partition coefficient (Wildman–Crippen LogP) is 0.904. The van der Waals surface area contributed by atoms with Gasteiger partial charge in [-0.3, -0.25) is 9.78 Å². The first-order valence-corrected chi connectivity index (χ1v) is 8.29. The second-order valence-corrected chi connectivity index (χ2v) is 5.55. The summed E-state index contributed by atoms with van der Waals surface area (Å²) in [5.41, 5.74) is 0.633. The molecule has 1 atom stereocenters. The van der Waals surface area contributed by atoms with E-state index in [1.807, 2.05) is 18.4 Å². The number of pyridine rings is 1. The maximum atomic E-state index is 11.6. The Bertz CT molecular complexity index is 591. The lowest BCUT2D eigenvalue weighted by molar-refractivity contribution is -0.129. The molecule has 2 aromatic heterocycles. The standard InChI is InChI=1S/C14H18N4O3S/c1-22-9-6-11(19)14(20)16-8-5-12-17-13(18-21-12)10-4-2-3-7-15-10/h2-4,7,11,19H,5-6,8-9H2,1H3,(H,16,20)/t11-/m0/s1. The molecular formula is C14H18N4O3S. The molecule has 8 heteroatoms. The summed E-state index contributed by atoms with van der Waals surface area (Å²) < 4.78 is 5.11. The number of carbonyl (C=O) groups is 1. The topological polar surface area (TPSA) is 101 Å². The van der Waals surface area contributed by atoms with Crippen molar-refractivity contribution < 1.29 is 14.4 Å². The molecule has 0 saturated heterocycles. The number of thioether (sulfide) groups is 1. The summed E-state index contributed by atoms with van der Waals surface area (Å²) in [5.74, 6) is 1.20. The Kier molecular flexibility index (Phi) is 6.35. The molecule has 2 aromatic rings. The first-order valence-electron chi connectivity index (χ1n) is 6.89. The van der Waals surface area contributed by atoms with Crippen molar-refractivity contribution in [2.45, 2.75) is 18.9 Å². The molecule has 22 heavy (non-hydrogen) atoms. The molecule has 0 fully saturated rings. The molecule has 2 heterocycles. The van der Waals surface area contributed by atoms with Gasteiger partial charge in [0.2, 0.25) is 17.6 Å². The number of hydrogen-bond donors (Lipinski definition) is 2. The summed E-state index contributed by atoms with van der Waals surface area (Å²) in [7, 11) is 0. The number of hydrogen-bond acceptors (Lipinski definition) is 7. The molecule has 118 valence electrons. The minimum absolute atomic E-state index is 0.332. The average Bonchev–Trinajstić information content (AvgIpc) is 3.02. The van der Waals surface area contributed by atoms with Crippen LogP contribution in [0.4, 0.5) is 0 Å². The van der Waals surface area contributed by atoms with Gasteiger partial charge in [-0.05, 0) is 30.6 Å². The van der Waals surface area contributed by atoms with Crippen LogP contribution in [0.2, 0.25) is 0 Å². The summed E-state index contributed by atoms with van der Waals surface area (Å²) in [5, 5.41) is 16.1. The lowest BCUT2D eigenvalue weighted by Crippen LogP contribution is -2.36. The van der Waals surface area contributed by atoms with E-state index in [-0.39, 0.29) is 5.91 Å². The van der Waals surface area contributed by atoms with Gasteiger partial charge in [0.15, 0.2) is 0 Å². The van der Waals surface area contributed by atoms with Gasteiger partial charge in [0, 0.05) is 19.2 Å². The van der Waals surface area contributed by atoms with Crippen LogP contribution in [0.1, 0.15) is 12.3 Å². The molecule has 0 radical (unpaired) electrons. The molecule has 2 rings (SSSR count). The van der Waals surface area contributed by atoms with Crippen molar-refractivity contribution in [3.63, 3.8) is 0 Å². The number of aliphatic hydroxyl groups excluding tert-OH is 1. The van der Waals surface area contributed by atoms with Gasteiger partial charge < -0.3 is 14.9 Å². The van der Waals surface area contributed by atoms with Crippen LogP contribution in [0, 0.1) is 0 Å². The minimum Gasteiger partial charge on any atom is -0.383 e. The summed E-state index contributed by atoms with van der Waals surface area (Å²) in [6, 6.07) is 5.44. The van der Waals surface area contributed by atoms with Crippen LogP contribution in [0.25, 0.3) is 11.5 Å². The molecule has 0 aliphatic carbocycles. The maximum Gasteiger partial charge on any atom is 0.248 e. The molecule has 0 aliphatic heterocycles. The van der Waals surface area contributed by atoms with Crippen molar-refractivity contribution in [1.82, 2.24) is 20.4 Å². The van der Waals surface area contributed by atoms with Crippen LogP contribution >= 0.6 is 11.8 Å². The fourth-order valence-electron chi connectivity index (χ4n) is 1.73. The van der Waals surface area contributed by atoms with E-state index in [0.717, 1.165) is 5.75 Å². The van der Waals surface area contributed by atoms with Gasteiger partial charge in [-0.25, -0.2) is 0 Å². The number of aromatic nitrogens is 3. The van der Waals surface area contributed by atoms with Crippen molar-refractivity contribution in [2.24, 2.45) is 0 Å². The van der Waals surface area contributed by atoms with Gasteiger partial charge in [0.05, 0.1) is 0 Å². The number of aliphatic hydroxyl groups is 1. The van der Waals surface area contributed by atoms with Gasteiger partial charge in [0.25, 0.3) is 0 Å². The SMILES string of the molecule is CSCC[C@H](O)C(=O)NCCc1nc(-c2ccccn2)no1. The maximum absolute atomic E-state index is 11.6. The molecule has 0 saturated carbocycles. The molecule has 7 nitrogen and oxygen atoms in total. The van der Waals surface area contributed by atoms with E-state index in [1.165, 1.54) is 0 Å². The van der Waals surface area contributed by atoms with Gasteiger partial charge in [-0.2, -0.15) is 16.7 Å². The Morgan fingerprint density at radius 1 is 1.50 bits per heavy atom. The highest BCUT2D eigenvalue weighted by Crippen LogP contribution is 2.11. The monoisotopic (exact) mass is 322 g/mol. The third kappa shape index (κ3) is 4.81. The van der Waals surface area contributed by atoms with Crippen molar-refractivity contribution in [2.75, 3.05) is 18.6 Å². The molecule has 0 aromatic carbocycles.